The second-order valence-electron chi connectivity index (χ2n) is 4.38. The number of carbonyl (C=O) groups excluding carboxylic acids is 3. The van der Waals surface area contributed by atoms with Gasteiger partial charge >= 0.3 is 11.9 Å². The zero-order valence-corrected chi connectivity index (χ0v) is 12.0. The average molecular weight is 293 g/mol. The van der Waals surface area contributed by atoms with Gasteiger partial charge in [-0.2, -0.15) is 0 Å². The number of benzene rings is 1. The molecule has 0 saturated carbocycles. The third-order valence-corrected chi connectivity index (χ3v) is 2.51. The van der Waals surface area contributed by atoms with Gasteiger partial charge in [-0.05, 0) is 12.0 Å². The summed E-state index contributed by atoms with van der Waals surface area (Å²) < 4.78 is 9.92. The van der Waals surface area contributed by atoms with Crippen molar-refractivity contribution in [3.05, 3.63) is 35.9 Å². The Kier molecular flexibility index (Phi) is 7.56. The highest BCUT2D eigenvalue weighted by atomic mass is 16.5. The minimum Gasteiger partial charge on any atom is -0.464 e. The number of rotatable bonds is 8. The van der Waals surface area contributed by atoms with Crippen LogP contribution >= 0.6 is 0 Å². The third-order valence-electron chi connectivity index (χ3n) is 2.51. The number of hydrogen-bond acceptors (Lipinski definition) is 5. The van der Waals surface area contributed by atoms with E-state index in [1.165, 1.54) is 6.92 Å². The van der Waals surface area contributed by atoms with Gasteiger partial charge in [-0.15, -0.1) is 0 Å². The summed E-state index contributed by atoms with van der Waals surface area (Å²) in [4.78, 5) is 33.2. The molecule has 0 heterocycles. The molecule has 1 N–H and O–H groups in total. The third kappa shape index (κ3) is 8.41. The highest BCUT2D eigenvalue weighted by molar-refractivity contribution is 5.80. The fourth-order valence-corrected chi connectivity index (χ4v) is 1.46. The molecule has 0 spiro atoms. The molecule has 1 amide bonds. The van der Waals surface area contributed by atoms with E-state index in [0.717, 1.165) is 5.56 Å². The summed E-state index contributed by atoms with van der Waals surface area (Å²) in [7, 11) is 0. The lowest BCUT2D eigenvalue weighted by Crippen LogP contribution is -2.28. The Morgan fingerprint density at radius 3 is 2.43 bits per heavy atom. The Labute approximate surface area is 123 Å². The molecular weight excluding hydrogens is 274 g/mol. The van der Waals surface area contributed by atoms with Gasteiger partial charge in [0.1, 0.15) is 13.2 Å². The first-order chi connectivity index (χ1) is 10.1. The van der Waals surface area contributed by atoms with Crippen LogP contribution < -0.4 is 5.32 Å². The normalized spacial score (nSPS) is 9.76. The van der Waals surface area contributed by atoms with Crippen molar-refractivity contribution in [2.45, 2.75) is 26.4 Å². The smallest absolute Gasteiger partial charge is 0.325 e. The van der Waals surface area contributed by atoms with Crippen molar-refractivity contribution in [1.82, 2.24) is 5.32 Å². The van der Waals surface area contributed by atoms with E-state index in [1.807, 2.05) is 30.3 Å². The first-order valence-electron chi connectivity index (χ1n) is 6.67. The second kappa shape index (κ2) is 9.52. The summed E-state index contributed by atoms with van der Waals surface area (Å²) in [5.41, 5.74) is 0.924. The average Bonchev–Trinajstić information content (AvgIpc) is 2.48. The van der Waals surface area contributed by atoms with Crippen LogP contribution in [0.25, 0.3) is 0 Å². The lowest BCUT2D eigenvalue weighted by atomic mass is 10.2. The van der Waals surface area contributed by atoms with Crippen molar-refractivity contribution >= 4 is 17.8 Å². The molecule has 0 aliphatic carbocycles. The lowest BCUT2D eigenvalue weighted by molar-refractivity contribution is -0.148. The topological polar surface area (TPSA) is 81.7 Å². The summed E-state index contributed by atoms with van der Waals surface area (Å²) in [6.07, 6.45) is 0.569. The van der Waals surface area contributed by atoms with E-state index in [1.54, 1.807) is 0 Å². The number of esters is 2. The Bertz CT molecular complexity index is 472. The molecule has 1 aromatic rings. The predicted molar refractivity (Wildman–Crippen MR) is 75.1 cm³/mol. The molecule has 0 radical (unpaired) electrons. The van der Waals surface area contributed by atoms with Crippen molar-refractivity contribution in [3.8, 4) is 0 Å². The largest absolute Gasteiger partial charge is 0.464 e. The zero-order valence-electron chi connectivity index (χ0n) is 12.0. The first kappa shape index (κ1) is 16.7. The highest BCUT2D eigenvalue weighted by Gasteiger charge is 2.06. The van der Waals surface area contributed by atoms with Crippen molar-refractivity contribution in [2.75, 3.05) is 13.2 Å². The van der Waals surface area contributed by atoms with Gasteiger partial charge in [0.05, 0.1) is 6.61 Å². The van der Waals surface area contributed by atoms with Gasteiger partial charge < -0.3 is 14.8 Å². The molecule has 0 unspecified atom stereocenters. The fourth-order valence-electron chi connectivity index (χ4n) is 1.46. The summed E-state index contributed by atoms with van der Waals surface area (Å²) in [6, 6.07) is 9.38. The van der Waals surface area contributed by atoms with Crippen LogP contribution in [0, 0.1) is 0 Å². The minimum absolute atomic E-state index is 0.124. The summed E-state index contributed by atoms with van der Waals surface area (Å²) in [5.74, 6) is -1.16. The van der Waals surface area contributed by atoms with Crippen molar-refractivity contribution in [3.63, 3.8) is 0 Å². The predicted octanol–water partition coefficient (Wildman–Crippen LogP) is 1.19. The van der Waals surface area contributed by atoms with Crippen LogP contribution in [0.15, 0.2) is 30.3 Å². The van der Waals surface area contributed by atoms with Gasteiger partial charge in [0.2, 0.25) is 5.91 Å². The number of hydrogen-bond donors (Lipinski definition) is 1. The van der Waals surface area contributed by atoms with Crippen LogP contribution in [0.3, 0.4) is 0 Å². The maximum absolute atomic E-state index is 11.5. The van der Waals surface area contributed by atoms with E-state index < -0.39 is 5.97 Å². The minimum atomic E-state index is -0.525. The Morgan fingerprint density at radius 1 is 1.05 bits per heavy atom. The van der Waals surface area contributed by atoms with Crippen LogP contribution in [0.1, 0.15) is 25.3 Å². The van der Waals surface area contributed by atoms with Crippen LogP contribution in [0.2, 0.25) is 0 Å². The molecule has 114 valence electrons. The molecule has 0 aromatic heterocycles. The van der Waals surface area contributed by atoms with E-state index in [4.69, 9.17) is 9.47 Å². The Hall–Kier alpha value is -2.37. The molecular formula is C15H19NO5. The van der Waals surface area contributed by atoms with E-state index >= 15 is 0 Å². The van der Waals surface area contributed by atoms with Gasteiger partial charge in [-0.3, -0.25) is 14.4 Å². The van der Waals surface area contributed by atoms with Gasteiger partial charge in [0, 0.05) is 13.3 Å². The van der Waals surface area contributed by atoms with E-state index in [9.17, 15) is 14.4 Å². The van der Waals surface area contributed by atoms with Gasteiger partial charge in [-0.1, -0.05) is 30.3 Å². The molecule has 0 aliphatic heterocycles. The van der Waals surface area contributed by atoms with Crippen LogP contribution in [-0.4, -0.2) is 31.0 Å². The molecule has 0 bridgehead atoms. The van der Waals surface area contributed by atoms with Crippen molar-refractivity contribution < 1.29 is 23.9 Å². The van der Waals surface area contributed by atoms with Gasteiger partial charge in [-0.25, -0.2) is 0 Å². The molecule has 0 atom stereocenters. The molecule has 6 heteroatoms. The summed E-state index contributed by atoms with van der Waals surface area (Å²) in [5, 5.41) is 2.33. The van der Waals surface area contributed by atoms with Crippen LogP contribution in [0.4, 0.5) is 0 Å². The van der Waals surface area contributed by atoms with Crippen molar-refractivity contribution in [2.24, 2.45) is 0 Å². The van der Waals surface area contributed by atoms with Crippen LogP contribution in [-0.2, 0) is 30.5 Å². The van der Waals surface area contributed by atoms with E-state index in [2.05, 4.69) is 5.32 Å². The molecule has 6 nitrogen and oxygen atoms in total. The molecule has 0 fully saturated rings. The highest BCUT2D eigenvalue weighted by Crippen LogP contribution is 2.02. The fraction of sp³-hybridized carbons (Fsp3) is 0.400. The maximum Gasteiger partial charge on any atom is 0.325 e. The maximum atomic E-state index is 11.5. The van der Waals surface area contributed by atoms with Gasteiger partial charge in [0.15, 0.2) is 0 Å². The van der Waals surface area contributed by atoms with E-state index in [-0.39, 0.29) is 38.1 Å². The molecule has 21 heavy (non-hydrogen) atoms. The van der Waals surface area contributed by atoms with Gasteiger partial charge in [0.25, 0.3) is 0 Å². The monoisotopic (exact) mass is 293 g/mol. The standard InChI is InChI=1S/C15H19NO5/c1-12(17)16-10-15(19)20-9-5-8-14(18)21-11-13-6-3-2-4-7-13/h2-4,6-7H,5,8-11H2,1H3,(H,16,17). The summed E-state index contributed by atoms with van der Waals surface area (Å²) >= 11 is 0. The van der Waals surface area contributed by atoms with Crippen LogP contribution in [0.5, 0.6) is 0 Å². The molecule has 1 rings (SSSR count). The van der Waals surface area contributed by atoms with Crippen molar-refractivity contribution in [1.29, 1.82) is 0 Å². The second-order valence-corrected chi connectivity index (χ2v) is 4.38. The molecule has 1 aromatic carbocycles. The summed E-state index contributed by atoms with van der Waals surface area (Å²) in [6.45, 7) is 1.52. The SMILES string of the molecule is CC(=O)NCC(=O)OCCCC(=O)OCc1ccccc1. The first-order valence-corrected chi connectivity index (χ1v) is 6.67. The number of nitrogens with one attached hydrogen (secondary N) is 1. The number of amides is 1. The quantitative estimate of drug-likeness (QED) is 0.575. The zero-order chi connectivity index (χ0) is 15.5. The number of carbonyl (C=O) groups is 3. The molecule has 0 aliphatic rings. The molecule has 0 saturated heterocycles. The van der Waals surface area contributed by atoms with E-state index in [0.29, 0.717) is 6.42 Å². The Balaban J connectivity index is 2.05. The number of ether oxygens (including phenoxy) is 2. The lowest BCUT2D eigenvalue weighted by Gasteiger charge is -2.06. The Morgan fingerprint density at radius 2 is 1.76 bits per heavy atom.